The Balaban J connectivity index is 3.62. The molecular formula is C21H36O4. The molecule has 0 bridgehead atoms. The Hall–Kier alpha value is -1.58. The van der Waals surface area contributed by atoms with E-state index >= 15 is 0 Å². The smallest absolute Gasteiger partial charge is 0.332 e. The summed E-state index contributed by atoms with van der Waals surface area (Å²) >= 11 is 0. The highest BCUT2D eigenvalue weighted by atomic mass is 16.4. The van der Waals surface area contributed by atoms with Crippen LogP contribution in [0.5, 0.6) is 0 Å². The van der Waals surface area contributed by atoms with E-state index < -0.39 is 11.9 Å². The van der Waals surface area contributed by atoms with Gasteiger partial charge in [-0.1, -0.05) is 64.0 Å². The molecule has 0 fully saturated rings. The number of carbonyl (C=O) groups is 2. The zero-order valence-electron chi connectivity index (χ0n) is 16.1. The van der Waals surface area contributed by atoms with E-state index in [0.717, 1.165) is 32.1 Å². The first-order chi connectivity index (χ1) is 12.0. The fourth-order valence-electron chi connectivity index (χ4n) is 2.78. The van der Waals surface area contributed by atoms with Crippen molar-refractivity contribution in [3.05, 3.63) is 23.3 Å². The first-order valence-electron chi connectivity index (χ1n) is 9.82. The number of carboxylic acids is 2. The third-order valence-corrected chi connectivity index (χ3v) is 4.47. The molecule has 4 nitrogen and oxygen atoms in total. The van der Waals surface area contributed by atoms with E-state index in [2.05, 4.69) is 19.1 Å². The second kappa shape index (κ2) is 15.9. The van der Waals surface area contributed by atoms with Crippen molar-refractivity contribution < 1.29 is 19.8 Å². The Morgan fingerprint density at radius 1 is 0.720 bits per heavy atom. The number of hydrogen-bond acceptors (Lipinski definition) is 2. The fourth-order valence-corrected chi connectivity index (χ4v) is 2.78. The minimum absolute atomic E-state index is 0.0365. The Morgan fingerprint density at radius 3 is 1.68 bits per heavy atom. The van der Waals surface area contributed by atoms with Crippen molar-refractivity contribution in [1.82, 2.24) is 0 Å². The molecular weight excluding hydrogens is 316 g/mol. The monoisotopic (exact) mass is 352 g/mol. The summed E-state index contributed by atoms with van der Waals surface area (Å²) in [6.07, 6.45) is 18.9. The lowest BCUT2D eigenvalue weighted by Crippen LogP contribution is -2.09. The molecule has 0 spiro atoms. The van der Waals surface area contributed by atoms with Crippen molar-refractivity contribution in [3.63, 3.8) is 0 Å². The summed E-state index contributed by atoms with van der Waals surface area (Å²) in [5.41, 5.74) is -0.0123. The summed E-state index contributed by atoms with van der Waals surface area (Å²) in [6.45, 7) is 3.60. The van der Waals surface area contributed by atoms with Crippen molar-refractivity contribution in [1.29, 1.82) is 0 Å². The van der Waals surface area contributed by atoms with Crippen LogP contribution < -0.4 is 0 Å². The highest BCUT2D eigenvalue weighted by molar-refractivity contribution is 5.98. The van der Waals surface area contributed by atoms with Gasteiger partial charge < -0.3 is 10.2 Å². The van der Waals surface area contributed by atoms with Crippen molar-refractivity contribution in [3.8, 4) is 0 Å². The molecule has 0 atom stereocenters. The minimum atomic E-state index is -1.14. The second-order valence-electron chi connectivity index (χ2n) is 6.69. The van der Waals surface area contributed by atoms with E-state index in [9.17, 15) is 9.59 Å². The number of aliphatic carboxylic acids is 2. The molecule has 0 aromatic rings. The average molecular weight is 353 g/mol. The van der Waals surface area contributed by atoms with E-state index in [4.69, 9.17) is 10.2 Å². The van der Waals surface area contributed by atoms with Gasteiger partial charge in [0, 0.05) is 11.1 Å². The zero-order valence-corrected chi connectivity index (χ0v) is 16.1. The van der Waals surface area contributed by atoms with Gasteiger partial charge in [-0.15, -0.1) is 0 Å². The number of rotatable bonds is 16. The Morgan fingerprint density at radius 2 is 1.20 bits per heavy atom. The quantitative estimate of drug-likeness (QED) is 0.199. The maximum atomic E-state index is 11.1. The lowest BCUT2D eigenvalue weighted by atomic mass is 10.0. The molecule has 0 unspecified atom stereocenters. The van der Waals surface area contributed by atoms with E-state index in [1.807, 2.05) is 0 Å². The summed E-state index contributed by atoms with van der Waals surface area (Å²) in [7, 11) is 0. The van der Waals surface area contributed by atoms with Gasteiger partial charge in [-0.2, -0.15) is 0 Å². The first-order valence-corrected chi connectivity index (χ1v) is 9.82. The maximum Gasteiger partial charge on any atom is 0.332 e. The van der Waals surface area contributed by atoms with Crippen molar-refractivity contribution in [2.75, 3.05) is 0 Å². The molecule has 0 rings (SSSR count). The van der Waals surface area contributed by atoms with Crippen LogP contribution in [0.4, 0.5) is 0 Å². The molecule has 0 heterocycles. The third kappa shape index (κ3) is 13.4. The number of carboxylic acid groups (broad SMARTS) is 2. The topological polar surface area (TPSA) is 74.6 Å². The molecule has 0 aromatic carbocycles. The zero-order chi connectivity index (χ0) is 18.9. The van der Waals surface area contributed by atoms with Gasteiger partial charge in [0.15, 0.2) is 0 Å². The second-order valence-corrected chi connectivity index (χ2v) is 6.69. The van der Waals surface area contributed by atoms with Crippen LogP contribution in [0.1, 0.15) is 97.3 Å². The molecule has 0 saturated carbocycles. The molecule has 25 heavy (non-hydrogen) atoms. The molecule has 0 radical (unpaired) electrons. The summed E-state index contributed by atoms with van der Waals surface area (Å²) in [5.74, 6) is -2.26. The lowest BCUT2D eigenvalue weighted by molar-refractivity contribution is -0.136. The molecule has 0 aliphatic carbocycles. The van der Waals surface area contributed by atoms with Crippen LogP contribution in [0, 0.1) is 0 Å². The van der Waals surface area contributed by atoms with Gasteiger partial charge in [-0.05, 0) is 45.4 Å². The van der Waals surface area contributed by atoms with Crippen LogP contribution in [0.25, 0.3) is 0 Å². The molecule has 0 amide bonds. The summed E-state index contributed by atoms with van der Waals surface area (Å²) in [4.78, 5) is 21.9. The highest BCUT2D eigenvalue weighted by Crippen LogP contribution is 2.16. The van der Waals surface area contributed by atoms with Gasteiger partial charge in [0.25, 0.3) is 0 Å². The summed E-state index contributed by atoms with van der Waals surface area (Å²) < 4.78 is 0. The molecule has 0 saturated heterocycles. The van der Waals surface area contributed by atoms with Gasteiger partial charge >= 0.3 is 11.9 Å². The van der Waals surface area contributed by atoms with Crippen molar-refractivity contribution in [2.24, 2.45) is 0 Å². The predicted octanol–water partition coefficient (Wildman–Crippen LogP) is 6.12. The summed E-state index contributed by atoms with van der Waals surface area (Å²) in [5, 5.41) is 18.0. The highest BCUT2D eigenvalue weighted by Gasteiger charge is 2.15. The molecule has 144 valence electrons. The van der Waals surface area contributed by atoms with Crippen LogP contribution in [0.2, 0.25) is 0 Å². The van der Waals surface area contributed by atoms with Crippen LogP contribution >= 0.6 is 0 Å². The SMILES string of the molecule is CCCCCCC/C=C\CCCCCCC/C(C(=O)O)=C(\C)C(=O)O. The number of hydrogen-bond donors (Lipinski definition) is 2. The van der Waals surface area contributed by atoms with Crippen molar-refractivity contribution >= 4 is 11.9 Å². The average Bonchev–Trinajstić information content (AvgIpc) is 2.57. The fraction of sp³-hybridized carbons (Fsp3) is 0.714. The molecule has 4 heteroatoms. The van der Waals surface area contributed by atoms with E-state index in [1.165, 1.54) is 51.9 Å². The van der Waals surface area contributed by atoms with Crippen molar-refractivity contribution in [2.45, 2.75) is 97.3 Å². The van der Waals surface area contributed by atoms with E-state index in [1.54, 1.807) is 0 Å². The first kappa shape index (κ1) is 23.4. The van der Waals surface area contributed by atoms with Crippen LogP contribution in [0.15, 0.2) is 23.3 Å². The molecule has 0 aliphatic heterocycles. The van der Waals surface area contributed by atoms with Gasteiger partial charge in [-0.25, -0.2) is 9.59 Å². The minimum Gasteiger partial charge on any atom is -0.478 e. The molecule has 0 aromatic heterocycles. The molecule has 0 aliphatic rings. The Bertz CT molecular complexity index is 435. The predicted molar refractivity (Wildman–Crippen MR) is 103 cm³/mol. The van der Waals surface area contributed by atoms with E-state index in [0.29, 0.717) is 6.42 Å². The van der Waals surface area contributed by atoms with E-state index in [-0.39, 0.29) is 11.1 Å². The Kier molecular flexibility index (Phi) is 14.9. The lowest BCUT2D eigenvalue weighted by Gasteiger charge is -2.05. The van der Waals surface area contributed by atoms with Gasteiger partial charge in [0.1, 0.15) is 0 Å². The van der Waals surface area contributed by atoms with Crippen LogP contribution in [-0.4, -0.2) is 22.2 Å². The largest absolute Gasteiger partial charge is 0.478 e. The summed E-state index contributed by atoms with van der Waals surface area (Å²) in [6, 6.07) is 0. The third-order valence-electron chi connectivity index (χ3n) is 4.47. The van der Waals surface area contributed by atoms with Gasteiger partial charge in [0.05, 0.1) is 0 Å². The number of unbranched alkanes of at least 4 members (excludes halogenated alkanes) is 10. The van der Waals surface area contributed by atoms with Gasteiger partial charge in [0.2, 0.25) is 0 Å². The Labute approximate surface area is 153 Å². The maximum absolute atomic E-state index is 11.1. The number of allylic oxidation sites excluding steroid dienone is 2. The standard InChI is InChI=1S/C21H36O4/c1-3-4-5-6-7-8-9-10-11-12-13-14-15-16-17-19(21(24)25)18(2)20(22)23/h9-10H,3-8,11-17H2,1-2H3,(H,22,23)(H,24,25)/b10-9-,19-18-. The molecule has 2 N–H and O–H groups in total. The normalized spacial score (nSPS) is 12.4. The van der Waals surface area contributed by atoms with Crippen LogP contribution in [0.3, 0.4) is 0 Å². The van der Waals surface area contributed by atoms with Crippen LogP contribution in [-0.2, 0) is 9.59 Å². The van der Waals surface area contributed by atoms with Gasteiger partial charge in [-0.3, -0.25) is 0 Å².